The van der Waals surface area contributed by atoms with E-state index in [-0.39, 0.29) is 12.0 Å². The monoisotopic (exact) mass is 168 g/mol. The van der Waals surface area contributed by atoms with E-state index in [1.165, 1.54) is 14.2 Å². The maximum atomic E-state index is 9.11. The summed E-state index contributed by atoms with van der Waals surface area (Å²) in [5, 5.41) is 8.73. The van der Waals surface area contributed by atoms with Crippen molar-refractivity contribution in [2.24, 2.45) is 0 Å². The fourth-order valence-electron chi connectivity index (χ4n) is 0.545. The molecule has 0 aromatic rings. The molecule has 0 aromatic carbocycles. The van der Waals surface area contributed by atoms with Crippen LogP contribution in [0.3, 0.4) is 0 Å². The van der Waals surface area contributed by atoms with Crippen molar-refractivity contribution >= 4 is 11.6 Å². The van der Waals surface area contributed by atoms with E-state index >= 15 is 0 Å². The van der Waals surface area contributed by atoms with E-state index in [1.54, 1.807) is 0 Å². The van der Waals surface area contributed by atoms with Crippen molar-refractivity contribution in [1.82, 2.24) is 0 Å². The summed E-state index contributed by atoms with van der Waals surface area (Å²) in [5.41, 5.74) is 0. The van der Waals surface area contributed by atoms with Crippen LogP contribution < -0.4 is 0 Å². The van der Waals surface area contributed by atoms with Gasteiger partial charge in [-0.15, -0.1) is 11.6 Å². The van der Waals surface area contributed by atoms with E-state index in [0.717, 1.165) is 0 Å². The van der Waals surface area contributed by atoms with Gasteiger partial charge in [0.25, 0.3) is 0 Å². The smallest absolute Gasteiger partial charge is 0.0959 e. The largest absolute Gasteiger partial charge is 0.389 e. The van der Waals surface area contributed by atoms with Gasteiger partial charge in [0.05, 0.1) is 24.7 Å². The molecule has 0 radical (unpaired) electrons. The van der Waals surface area contributed by atoms with E-state index < -0.39 is 6.10 Å². The molecule has 0 heterocycles. The molecule has 2 atom stereocenters. The standard InChI is InChI=1S/C6H13ClO3/c1-9-3-5(7)6(8)4-10-2/h5-6,8H,3-4H2,1-2H3/t5-,6+/m1/s1. The number of hydrogen-bond donors (Lipinski definition) is 1. The number of halogens is 1. The van der Waals surface area contributed by atoms with Crippen molar-refractivity contribution in [2.75, 3.05) is 27.4 Å². The van der Waals surface area contributed by atoms with Gasteiger partial charge in [0.15, 0.2) is 0 Å². The van der Waals surface area contributed by atoms with Crippen LogP contribution in [0, 0.1) is 0 Å². The molecule has 0 rings (SSSR count). The third-order valence-corrected chi connectivity index (χ3v) is 1.50. The van der Waals surface area contributed by atoms with Crippen LogP contribution in [-0.2, 0) is 9.47 Å². The van der Waals surface area contributed by atoms with Gasteiger partial charge in [-0.2, -0.15) is 0 Å². The van der Waals surface area contributed by atoms with E-state index in [0.29, 0.717) is 6.61 Å². The van der Waals surface area contributed by atoms with Gasteiger partial charge >= 0.3 is 0 Å². The first kappa shape index (κ1) is 10.2. The molecule has 0 spiro atoms. The topological polar surface area (TPSA) is 38.7 Å². The molecule has 0 amide bonds. The Morgan fingerprint density at radius 1 is 1.30 bits per heavy atom. The summed E-state index contributed by atoms with van der Waals surface area (Å²) in [6.07, 6.45) is -0.647. The molecule has 0 unspecified atom stereocenters. The van der Waals surface area contributed by atoms with Crippen LogP contribution in [0.2, 0.25) is 0 Å². The lowest BCUT2D eigenvalue weighted by atomic mass is 10.3. The Morgan fingerprint density at radius 3 is 2.20 bits per heavy atom. The number of ether oxygens (including phenoxy) is 2. The van der Waals surface area contributed by atoms with Crippen LogP contribution >= 0.6 is 11.6 Å². The molecule has 4 heteroatoms. The predicted molar refractivity (Wildman–Crippen MR) is 39.4 cm³/mol. The summed E-state index contributed by atoms with van der Waals surface area (Å²) in [4.78, 5) is 0. The van der Waals surface area contributed by atoms with Crippen molar-refractivity contribution in [3.05, 3.63) is 0 Å². The Balaban J connectivity index is 3.38. The molecule has 0 aliphatic heterocycles. The van der Waals surface area contributed by atoms with Crippen LogP contribution in [0.25, 0.3) is 0 Å². The Bertz CT molecular complexity index is 69.4. The molecule has 0 fully saturated rings. The first-order valence-electron chi connectivity index (χ1n) is 3.02. The average molecular weight is 169 g/mol. The van der Waals surface area contributed by atoms with Gasteiger partial charge in [-0.3, -0.25) is 0 Å². The van der Waals surface area contributed by atoms with E-state index in [2.05, 4.69) is 4.74 Å². The minimum absolute atomic E-state index is 0.248. The summed E-state index contributed by atoms with van der Waals surface area (Å²) >= 11 is 5.66. The van der Waals surface area contributed by atoms with Crippen LogP contribution in [0.15, 0.2) is 0 Å². The molecular formula is C6H13ClO3. The normalized spacial score (nSPS) is 16.8. The van der Waals surface area contributed by atoms with Gasteiger partial charge in [0.2, 0.25) is 0 Å². The van der Waals surface area contributed by atoms with Gasteiger partial charge in [-0.1, -0.05) is 0 Å². The first-order chi connectivity index (χ1) is 4.72. The number of methoxy groups -OCH3 is 2. The van der Waals surface area contributed by atoms with E-state index in [4.69, 9.17) is 21.4 Å². The second kappa shape index (κ2) is 5.92. The Labute approximate surface area is 65.9 Å². The van der Waals surface area contributed by atoms with Crippen molar-refractivity contribution in [3.8, 4) is 0 Å². The van der Waals surface area contributed by atoms with E-state index in [9.17, 15) is 0 Å². The predicted octanol–water partition coefficient (Wildman–Crippen LogP) is 0.248. The second-order valence-corrected chi connectivity index (χ2v) is 2.55. The minimum Gasteiger partial charge on any atom is -0.389 e. The summed E-state index contributed by atoms with van der Waals surface area (Å²) in [6.45, 7) is 0.587. The van der Waals surface area contributed by atoms with Gasteiger partial charge in [0.1, 0.15) is 0 Å². The molecule has 1 N–H and O–H groups in total. The third kappa shape index (κ3) is 4.06. The number of alkyl halides is 1. The quantitative estimate of drug-likeness (QED) is 0.598. The van der Waals surface area contributed by atoms with Crippen molar-refractivity contribution in [3.63, 3.8) is 0 Å². The Kier molecular flexibility index (Phi) is 6.02. The maximum Gasteiger partial charge on any atom is 0.0959 e. The van der Waals surface area contributed by atoms with Crippen molar-refractivity contribution in [1.29, 1.82) is 0 Å². The van der Waals surface area contributed by atoms with Crippen molar-refractivity contribution < 1.29 is 14.6 Å². The van der Waals surface area contributed by atoms with Gasteiger partial charge in [-0.05, 0) is 0 Å². The highest BCUT2D eigenvalue weighted by Gasteiger charge is 2.15. The van der Waals surface area contributed by atoms with E-state index in [1.807, 2.05) is 0 Å². The summed E-state index contributed by atoms with van der Waals surface area (Å²) in [5.74, 6) is 0. The fraction of sp³-hybridized carbons (Fsp3) is 1.00. The summed E-state index contributed by atoms with van der Waals surface area (Å²) in [7, 11) is 3.05. The third-order valence-electron chi connectivity index (χ3n) is 1.08. The van der Waals surface area contributed by atoms with Gasteiger partial charge in [-0.25, -0.2) is 0 Å². The average Bonchev–Trinajstić information content (AvgIpc) is 1.89. The number of hydrogen-bond acceptors (Lipinski definition) is 3. The zero-order valence-corrected chi connectivity index (χ0v) is 6.97. The molecule has 0 aliphatic carbocycles. The zero-order chi connectivity index (χ0) is 7.98. The highest BCUT2D eigenvalue weighted by Crippen LogP contribution is 2.02. The SMILES string of the molecule is COC[C@@H](Cl)[C@@H](O)COC. The molecule has 0 bridgehead atoms. The lowest BCUT2D eigenvalue weighted by Gasteiger charge is -2.14. The number of aliphatic hydroxyl groups is 1. The highest BCUT2D eigenvalue weighted by molar-refractivity contribution is 6.21. The lowest BCUT2D eigenvalue weighted by Crippen LogP contribution is -2.29. The molecule has 62 valence electrons. The Morgan fingerprint density at radius 2 is 1.80 bits per heavy atom. The second-order valence-electron chi connectivity index (χ2n) is 1.99. The van der Waals surface area contributed by atoms with Crippen LogP contribution in [-0.4, -0.2) is 44.0 Å². The van der Waals surface area contributed by atoms with Gasteiger partial charge in [0, 0.05) is 14.2 Å². The number of rotatable bonds is 5. The molecule has 0 saturated carbocycles. The molecule has 0 aromatic heterocycles. The highest BCUT2D eigenvalue weighted by atomic mass is 35.5. The molecule has 0 aliphatic rings. The first-order valence-corrected chi connectivity index (χ1v) is 3.46. The Hall–Kier alpha value is 0.170. The van der Waals surface area contributed by atoms with Gasteiger partial charge < -0.3 is 14.6 Å². The molecule has 10 heavy (non-hydrogen) atoms. The molecule has 0 saturated heterocycles. The summed E-state index contributed by atoms with van der Waals surface area (Å²) in [6, 6.07) is 0. The summed E-state index contributed by atoms with van der Waals surface area (Å²) < 4.78 is 9.40. The minimum atomic E-state index is -0.647. The maximum absolute atomic E-state index is 9.11. The van der Waals surface area contributed by atoms with Crippen molar-refractivity contribution in [2.45, 2.75) is 11.5 Å². The van der Waals surface area contributed by atoms with Crippen LogP contribution in [0.5, 0.6) is 0 Å². The van der Waals surface area contributed by atoms with Crippen LogP contribution in [0.4, 0.5) is 0 Å². The number of aliphatic hydroxyl groups excluding tert-OH is 1. The zero-order valence-electron chi connectivity index (χ0n) is 6.21. The fourth-order valence-corrected chi connectivity index (χ4v) is 0.744. The lowest BCUT2D eigenvalue weighted by molar-refractivity contribution is 0.0440. The molecular weight excluding hydrogens is 156 g/mol. The van der Waals surface area contributed by atoms with Crippen LogP contribution in [0.1, 0.15) is 0 Å². The molecule has 3 nitrogen and oxygen atoms in total.